The molecule has 0 aromatic rings. The molecule has 0 saturated carbocycles. The Morgan fingerprint density at radius 2 is 2.31 bits per heavy atom. The standard InChI is InChI=1S/C11H22N2O3/c1-3-9(4-12)11(15)13-5-8(2)16-10(6-13)7-14/h8-10,14H,3-7,12H2,1-2H3. The number of morpholine rings is 1. The van der Waals surface area contributed by atoms with Crippen LogP contribution in [0.25, 0.3) is 0 Å². The minimum atomic E-state index is -0.261. The van der Waals surface area contributed by atoms with Gasteiger partial charge in [0.05, 0.1) is 24.7 Å². The van der Waals surface area contributed by atoms with Crippen molar-refractivity contribution in [2.45, 2.75) is 32.5 Å². The van der Waals surface area contributed by atoms with Crippen LogP contribution in [0.5, 0.6) is 0 Å². The van der Waals surface area contributed by atoms with Crippen LogP contribution in [0.3, 0.4) is 0 Å². The molecule has 1 saturated heterocycles. The fourth-order valence-corrected chi connectivity index (χ4v) is 2.03. The van der Waals surface area contributed by atoms with Crippen LogP contribution < -0.4 is 5.73 Å². The van der Waals surface area contributed by atoms with Crippen LogP contribution in [-0.4, -0.2) is 54.4 Å². The van der Waals surface area contributed by atoms with Crippen LogP contribution in [-0.2, 0) is 9.53 Å². The van der Waals surface area contributed by atoms with E-state index in [0.717, 1.165) is 6.42 Å². The lowest BCUT2D eigenvalue weighted by atomic mass is 10.0. The molecule has 0 radical (unpaired) electrons. The van der Waals surface area contributed by atoms with Gasteiger partial charge in [-0.25, -0.2) is 0 Å². The molecule has 0 spiro atoms. The monoisotopic (exact) mass is 230 g/mol. The molecule has 5 heteroatoms. The fraction of sp³-hybridized carbons (Fsp3) is 0.909. The Labute approximate surface area is 96.6 Å². The van der Waals surface area contributed by atoms with E-state index in [-0.39, 0.29) is 30.6 Å². The molecule has 3 unspecified atom stereocenters. The molecule has 0 aromatic heterocycles. The van der Waals surface area contributed by atoms with Gasteiger partial charge in [-0.05, 0) is 13.3 Å². The quantitative estimate of drug-likeness (QED) is 0.688. The first-order valence-corrected chi connectivity index (χ1v) is 5.87. The van der Waals surface area contributed by atoms with E-state index in [2.05, 4.69) is 0 Å². The summed E-state index contributed by atoms with van der Waals surface area (Å²) in [5, 5.41) is 9.07. The smallest absolute Gasteiger partial charge is 0.227 e. The number of hydrogen-bond donors (Lipinski definition) is 2. The van der Waals surface area contributed by atoms with E-state index in [9.17, 15) is 4.79 Å². The van der Waals surface area contributed by atoms with E-state index in [0.29, 0.717) is 19.6 Å². The van der Waals surface area contributed by atoms with Gasteiger partial charge >= 0.3 is 0 Å². The Balaban J connectivity index is 2.60. The molecule has 0 aliphatic carbocycles. The molecule has 1 fully saturated rings. The van der Waals surface area contributed by atoms with Crippen molar-refractivity contribution in [1.29, 1.82) is 0 Å². The first-order chi connectivity index (χ1) is 7.62. The molecule has 3 N–H and O–H groups in total. The molecule has 1 heterocycles. The molecule has 1 aliphatic rings. The van der Waals surface area contributed by atoms with Gasteiger partial charge in [-0.3, -0.25) is 4.79 Å². The summed E-state index contributed by atoms with van der Waals surface area (Å²) >= 11 is 0. The summed E-state index contributed by atoms with van der Waals surface area (Å²) in [6.07, 6.45) is 0.471. The molecule has 0 aromatic carbocycles. The Morgan fingerprint density at radius 1 is 1.62 bits per heavy atom. The van der Waals surface area contributed by atoms with Crippen LogP contribution in [0.4, 0.5) is 0 Å². The molecule has 16 heavy (non-hydrogen) atoms. The number of carbonyl (C=O) groups excluding carboxylic acids is 1. The topological polar surface area (TPSA) is 75.8 Å². The lowest BCUT2D eigenvalue weighted by Gasteiger charge is -2.37. The number of nitrogens with zero attached hydrogens (tertiary/aromatic N) is 1. The summed E-state index contributed by atoms with van der Waals surface area (Å²) in [6, 6.07) is 0. The van der Waals surface area contributed by atoms with Crippen LogP contribution in [0.2, 0.25) is 0 Å². The molecule has 1 rings (SSSR count). The number of amides is 1. The third-order valence-electron chi connectivity index (χ3n) is 2.97. The number of ether oxygens (including phenoxy) is 1. The van der Waals surface area contributed by atoms with Gasteiger partial charge in [-0.2, -0.15) is 0 Å². The first-order valence-electron chi connectivity index (χ1n) is 5.87. The van der Waals surface area contributed by atoms with Gasteiger partial charge in [0.25, 0.3) is 0 Å². The highest BCUT2D eigenvalue weighted by molar-refractivity contribution is 5.79. The highest BCUT2D eigenvalue weighted by atomic mass is 16.5. The van der Waals surface area contributed by atoms with Gasteiger partial charge in [0, 0.05) is 19.6 Å². The SMILES string of the molecule is CCC(CN)C(=O)N1CC(C)OC(CO)C1. The minimum Gasteiger partial charge on any atom is -0.394 e. The van der Waals surface area contributed by atoms with Crippen molar-refractivity contribution in [3.8, 4) is 0 Å². The molecular formula is C11H22N2O3. The van der Waals surface area contributed by atoms with E-state index in [1.165, 1.54) is 0 Å². The number of nitrogens with two attached hydrogens (primary N) is 1. The van der Waals surface area contributed by atoms with E-state index < -0.39 is 0 Å². The largest absolute Gasteiger partial charge is 0.394 e. The summed E-state index contributed by atoms with van der Waals surface area (Å²) in [7, 11) is 0. The van der Waals surface area contributed by atoms with Crippen molar-refractivity contribution in [3.05, 3.63) is 0 Å². The van der Waals surface area contributed by atoms with Gasteiger partial charge in [0.2, 0.25) is 5.91 Å². The Morgan fingerprint density at radius 3 is 2.81 bits per heavy atom. The maximum absolute atomic E-state index is 12.1. The number of aliphatic hydroxyl groups excluding tert-OH is 1. The van der Waals surface area contributed by atoms with Crippen LogP contribution in [0.15, 0.2) is 0 Å². The van der Waals surface area contributed by atoms with Gasteiger partial charge in [-0.15, -0.1) is 0 Å². The van der Waals surface area contributed by atoms with Gasteiger partial charge < -0.3 is 20.5 Å². The second-order valence-corrected chi connectivity index (χ2v) is 4.34. The lowest BCUT2D eigenvalue weighted by Crippen LogP contribution is -2.52. The molecular weight excluding hydrogens is 208 g/mol. The summed E-state index contributed by atoms with van der Waals surface area (Å²) in [6.45, 7) is 5.26. The maximum Gasteiger partial charge on any atom is 0.227 e. The summed E-state index contributed by atoms with van der Waals surface area (Å²) < 4.78 is 5.49. The summed E-state index contributed by atoms with van der Waals surface area (Å²) in [5.74, 6) is -0.0248. The third-order valence-corrected chi connectivity index (χ3v) is 2.97. The van der Waals surface area contributed by atoms with Gasteiger partial charge in [0.15, 0.2) is 0 Å². The van der Waals surface area contributed by atoms with Crippen molar-refractivity contribution < 1.29 is 14.6 Å². The average molecular weight is 230 g/mol. The molecule has 1 aliphatic heterocycles. The number of rotatable bonds is 4. The fourth-order valence-electron chi connectivity index (χ4n) is 2.03. The summed E-state index contributed by atoms with van der Waals surface area (Å²) in [5.41, 5.74) is 5.56. The zero-order valence-electron chi connectivity index (χ0n) is 10.1. The Kier molecular flexibility index (Phi) is 5.18. The maximum atomic E-state index is 12.1. The van der Waals surface area contributed by atoms with Crippen LogP contribution >= 0.6 is 0 Å². The Bertz CT molecular complexity index is 231. The highest BCUT2D eigenvalue weighted by Gasteiger charge is 2.30. The lowest BCUT2D eigenvalue weighted by molar-refractivity contribution is -0.151. The minimum absolute atomic E-state index is 0.0230. The van der Waals surface area contributed by atoms with E-state index in [4.69, 9.17) is 15.6 Å². The highest BCUT2D eigenvalue weighted by Crippen LogP contribution is 2.15. The molecule has 1 amide bonds. The normalized spacial score (nSPS) is 27.9. The van der Waals surface area contributed by atoms with E-state index in [1.807, 2.05) is 13.8 Å². The van der Waals surface area contributed by atoms with Gasteiger partial charge in [-0.1, -0.05) is 6.92 Å². The molecule has 3 atom stereocenters. The number of hydrogen-bond acceptors (Lipinski definition) is 4. The Hall–Kier alpha value is -0.650. The van der Waals surface area contributed by atoms with E-state index in [1.54, 1.807) is 4.90 Å². The summed E-state index contributed by atoms with van der Waals surface area (Å²) in [4.78, 5) is 13.8. The van der Waals surface area contributed by atoms with Crippen molar-refractivity contribution in [2.75, 3.05) is 26.2 Å². The predicted molar refractivity (Wildman–Crippen MR) is 60.8 cm³/mol. The van der Waals surface area contributed by atoms with Crippen molar-refractivity contribution in [2.24, 2.45) is 11.7 Å². The number of aliphatic hydroxyl groups is 1. The second-order valence-electron chi connectivity index (χ2n) is 4.34. The van der Waals surface area contributed by atoms with Crippen molar-refractivity contribution >= 4 is 5.91 Å². The van der Waals surface area contributed by atoms with Crippen molar-refractivity contribution in [1.82, 2.24) is 4.90 Å². The van der Waals surface area contributed by atoms with Gasteiger partial charge in [0.1, 0.15) is 0 Å². The first kappa shape index (κ1) is 13.4. The van der Waals surface area contributed by atoms with Crippen molar-refractivity contribution in [3.63, 3.8) is 0 Å². The third kappa shape index (κ3) is 3.17. The molecule has 5 nitrogen and oxygen atoms in total. The zero-order valence-corrected chi connectivity index (χ0v) is 10.1. The zero-order chi connectivity index (χ0) is 12.1. The van der Waals surface area contributed by atoms with Crippen LogP contribution in [0.1, 0.15) is 20.3 Å². The molecule has 94 valence electrons. The number of carbonyl (C=O) groups is 1. The molecule has 0 bridgehead atoms. The average Bonchev–Trinajstić information content (AvgIpc) is 2.29. The second kappa shape index (κ2) is 6.18. The van der Waals surface area contributed by atoms with Crippen LogP contribution in [0, 0.1) is 5.92 Å². The predicted octanol–water partition coefficient (Wildman–Crippen LogP) is -0.420. The van der Waals surface area contributed by atoms with E-state index >= 15 is 0 Å².